The lowest BCUT2D eigenvalue weighted by Gasteiger charge is -2.24. The third-order valence-electron chi connectivity index (χ3n) is 3.64. The van der Waals surface area contributed by atoms with Crippen LogP contribution in [-0.4, -0.2) is 39.5 Å². The van der Waals surface area contributed by atoms with Gasteiger partial charge in [-0.1, -0.05) is 18.2 Å². The molecule has 0 amide bonds. The van der Waals surface area contributed by atoms with Gasteiger partial charge in [-0.2, -0.15) is 0 Å². The van der Waals surface area contributed by atoms with Gasteiger partial charge in [0.25, 0.3) is 0 Å². The molecule has 1 heterocycles. The van der Waals surface area contributed by atoms with E-state index in [1.165, 1.54) is 4.31 Å². The van der Waals surface area contributed by atoms with Gasteiger partial charge in [0.15, 0.2) is 0 Å². The molecule has 5 heteroatoms. The molecule has 1 aromatic rings. The molecule has 106 valence electrons. The van der Waals surface area contributed by atoms with Crippen molar-refractivity contribution in [3.8, 4) is 0 Å². The van der Waals surface area contributed by atoms with Crippen molar-refractivity contribution in [1.29, 1.82) is 0 Å². The van der Waals surface area contributed by atoms with Crippen LogP contribution in [0.5, 0.6) is 0 Å². The van der Waals surface area contributed by atoms with Gasteiger partial charge in [0.1, 0.15) is 0 Å². The second-order valence-corrected chi connectivity index (χ2v) is 7.03. The summed E-state index contributed by atoms with van der Waals surface area (Å²) < 4.78 is 31.4. The van der Waals surface area contributed by atoms with Gasteiger partial charge in [0.2, 0.25) is 10.0 Å². The van der Waals surface area contributed by atoms with E-state index in [0.717, 1.165) is 32.5 Å². The van der Waals surface area contributed by atoms with Gasteiger partial charge in [0.05, 0.1) is 4.90 Å². The van der Waals surface area contributed by atoms with Crippen molar-refractivity contribution in [3.63, 3.8) is 0 Å². The number of sulfonamides is 1. The predicted molar refractivity (Wildman–Crippen MR) is 74.4 cm³/mol. The van der Waals surface area contributed by atoms with Crippen LogP contribution < -0.4 is 0 Å². The van der Waals surface area contributed by atoms with Crippen molar-refractivity contribution in [2.75, 3.05) is 26.8 Å². The van der Waals surface area contributed by atoms with Gasteiger partial charge in [0, 0.05) is 26.8 Å². The van der Waals surface area contributed by atoms with E-state index in [2.05, 4.69) is 0 Å². The first-order valence-electron chi connectivity index (χ1n) is 6.70. The summed E-state index contributed by atoms with van der Waals surface area (Å²) in [5.74, 6) is 0.585. The number of benzene rings is 1. The van der Waals surface area contributed by atoms with Crippen LogP contribution in [0.4, 0.5) is 0 Å². The molecule has 0 saturated carbocycles. The number of rotatable bonds is 5. The standard InChI is InChI=1S/C14H21NO3S/c1-15(10-7-13-8-11-18-12-9-13)19(16,17)14-5-3-2-4-6-14/h2-6,13H,7-12H2,1H3. The molecule has 0 N–H and O–H groups in total. The zero-order chi connectivity index (χ0) is 13.7. The van der Waals surface area contributed by atoms with Crippen LogP contribution in [0.15, 0.2) is 35.2 Å². The molecule has 1 aliphatic heterocycles. The molecule has 0 radical (unpaired) electrons. The van der Waals surface area contributed by atoms with Crippen molar-refractivity contribution in [2.24, 2.45) is 5.92 Å². The van der Waals surface area contributed by atoms with Crippen LogP contribution in [0, 0.1) is 5.92 Å². The fourth-order valence-corrected chi connectivity index (χ4v) is 3.50. The second-order valence-electron chi connectivity index (χ2n) is 4.98. The Labute approximate surface area is 115 Å². The SMILES string of the molecule is CN(CCC1CCOCC1)S(=O)(=O)c1ccccc1. The molecule has 2 rings (SSSR count). The van der Waals surface area contributed by atoms with Crippen LogP contribution in [0.1, 0.15) is 19.3 Å². The quantitative estimate of drug-likeness (QED) is 0.831. The molecule has 1 aromatic carbocycles. The molecule has 0 bridgehead atoms. The Hall–Kier alpha value is -0.910. The lowest BCUT2D eigenvalue weighted by atomic mass is 9.97. The Balaban J connectivity index is 1.93. The van der Waals surface area contributed by atoms with Gasteiger partial charge >= 0.3 is 0 Å². The summed E-state index contributed by atoms with van der Waals surface area (Å²) >= 11 is 0. The predicted octanol–water partition coefficient (Wildman–Crippen LogP) is 2.12. The first kappa shape index (κ1) is 14.5. The highest BCUT2D eigenvalue weighted by Gasteiger charge is 2.22. The van der Waals surface area contributed by atoms with Crippen molar-refractivity contribution in [3.05, 3.63) is 30.3 Å². The number of hydrogen-bond donors (Lipinski definition) is 0. The fraction of sp³-hybridized carbons (Fsp3) is 0.571. The van der Waals surface area contributed by atoms with Gasteiger partial charge in [-0.05, 0) is 37.3 Å². The topological polar surface area (TPSA) is 46.6 Å². The van der Waals surface area contributed by atoms with Gasteiger partial charge < -0.3 is 4.74 Å². The molecule has 0 aromatic heterocycles. The summed E-state index contributed by atoms with van der Waals surface area (Å²) in [6, 6.07) is 8.60. The van der Waals surface area contributed by atoms with Crippen molar-refractivity contribution in [1.82, 2.24) is 4.31 Å². The highest BCUT2D eigenvalue weighted by molar-refractivity contribution is 7.89. The maximum atomic E-state index is 12.3. The molecule has 1 fully saturated rings. The lowest BCUT2D eigenvalue weighted by molar-refractivity contribution is 0.0628. The Bertz CT molecular complexity index is 481. The van der Waals surface area contributed by atoms with Crippen LogP contribution in [-0.2, 0) is 14.8 Å². The smallest absolute Gasteiger partial charge is 0.242 e. The first-order valence-corrected chi connectivity index (χ1v) is 8.14. The van der Waals surface area contributed by atoms with E-state index in [0.29, 0.717) is 17.4 Å². The Kier molecular flexibility index (Phi) is 4.96. The summed E-state index contributed by atoms with van der Waals surface area (Å²) in [7, 11) is -1.68. The molecule has 4 nitrogen and oxygen atoms in total. The van der Waals surface area contributed by atoms with E-state index in [1.54, 1.807) is 31.3 Å². The minimum atomic E-state index is -3.34. The fourth-order valence-electron chi connectivity index (χ4n) is 2.29. The second kappa shape index (κ2) is 6.50. The number of nitrogens with zero attached hydrogens (tertiary/aromatic N) is 1. The Morgan fingerprint density at radius 1 is 1.21 bits per heavy atom. The Morgan fingerprint density at radius 3 is 2.47 bits per heavy atom. The van der Waals surface area contributed by atoms with E-state index in [9.17, 15) is 8.42 Å². The maximum absolute atomic E-state index is 12.3. The highest BCUT2D eigenvalue weighted by Crippen LogP contribution is 2.20. The van der Waals surface area contributed by atoms with E-state index in [4.69, 9.17) is 4.74 Å². The summed E-state index contributed by atoms with van der Waals surface area (Å²) in [6.07, 6.45) is 2.99. The zero-order valence-corrected chi connectivity index (χ0v) is 12.1. The number of hydrogen-bond acceptors (Lipinski definition) is 3. The van der Waals surface area contributed by atoms with E-state index >= 15 is 0 Å². The number of ether oxygens (including phenoxy) is 1. The molecule has 1 saturated heterocycles. The highest BCUT2D eigenvalue weighted by atomic mass is 32.2. The molecule has 19 heavy (non-hydrogen) atoms. The van der Waals surface area contributed by atoms with E-state index in [-0.39, 0.29) is 0 Å². The minimum absolute atomic E-state index is 0.365. The van der Waals surface area contributed by atoms with Gasteiger partial charge in [-0.25, -0.2) is 12.7 Å². The van der Waals surface area contributed by atoms with Crippen LogP contribution in [0.25, 0.3) is 0 Å². The summed E-state index contributed by atoms with van der Waals surface area (Å²) in [5.41, 5.74) is 0. The third kappa shape index (κ3) is 3.78. The van der Waals surface area contributed by atoms with Crippen LogP contribution in [0.2, 0.25) is 0 Å². The summed E-state index contributed by atoms with van der Waals surface area (Å²) in [5, 5.41) is 0. The average Bonchev–Trinajstić information content (AvgIpc) is 2.46. The normalized spacial score (nSPS) is 17.8. The van der Waals surface area contributed by atoms with Crippen molar-refractivity contribution < 1.29 is 13.2 Å². The van der Waals surface area contributed by atoms with Gasteiger partial charge in [-0.15, -0.1) is 0 Å². The molecular formula is C14H21NO3S. The van der Waals surface area contributed by atoms with Crippen LogP contribution >= 0.6 is 0 Å². The Morgan fingerprint density at radius 2 is 1.84 bits per heavy atom. The van der Waals surface area contributed by atoms with Crippen LogP contribution in [0.3, 0.4) is 0 Å². The molecule has 0 unspecified atom stereocenters. The van der Waals surface area contributed by atoms with Crippen molar-refractivity contribution >= 4 is 10.0 Å². The molecule has 0 spiro atoms. The zero-order valence-electron chi connectivity index (χ0n) is 11.3. The molecule has 1 aliphatic rings. The molecular weight excluding hydrogens is 262 g/mol. The molecule has 0 atom stereocenters. The summed E-state index contributed by atoms with van der Waals surface area (Å²) in [4.78, 5) is 0.365. The monoisotopic (exact) mass is 283 g/mol. The van der Waals surface area contributed by atoms with E-state index in [1.807, 2.05) is 6.07 Å². The van der Waals surface area contributed by atoms with E-state index < -0.39 is 10.0 Å². The molecule has 0 aliphatic carbocycles. The maximum Gasteiger partial charge on any atom is 0.242 e. The first-order chi connectivity index (χ1) is 9.10. The third-order valence-corrected chi connectivity index (χ3v) is 5.52. The van der Waals surface area contributed by atoms with Crippen molar-refractivity contribution in [2.45, 2.75) is 24.2 Å². The summed E-state index contributed by atoms with van der Waals surface area (Å²) in [6.45, 7) is 2.18. The minimum Gasteiger partial charge on any atom is -0.381 e. The largest absolute Gasteiger partial charge is 0.381 e. The van der Waals surface area contributed by atoms with Gasteiger partial charge in [-0.3, -0.25) is 0 Å². The lowest BCUT2D eigenvalue weighted by Crippen LogP contribution is -2.30. The average molecular weight is 283 g/mol.